The fourth-order valence-corrected chi connectivity index (χ4v) is 5.45. The van der Waals surface area contributed by atoms with Crippen LogP contribution >= 0.6 is 11.8 Å². The third kappa shape index (κ3) is 5.64. The molecule has 0 bridgehead atoms. The summed E-state index contributed by atoms with van der Waals surface area (Å²) in [7, 11) is 1.67. The summed E-state index contributed by atoms with van der Waals surface area (Å²) in [5.41, 5.74) is 2.21. The molecular formula is C25H30N2O4S. The third-order valence-electron chi connectivity index (χ3n) is 6.36. The lowest BCUT2D eigenvalue weighted by molar-refractivity contribution is -0.146. The monoisotopic (exact) mass is 454 g/mol. The molecule has 2 atom stereocenters. The van der Waals surface area contributed by atoms with E-state index < -0.39 is 5.97 Å². The summed E-state index contributed by atoms with van der Waals surface area (Å²) >= 11 is 1.68. The predicted octanol–water partition coefficient (Wildman–Crippen LogP) is 4.97. The van der Waals surface area contributed by atoms with E-state index >= 15 is 0 Å². The molecule has 7 heteroatoms. The van der Waals surface area contributed by atoms with Gasteiger partial charge in [0.2, 0.25) is 0 Å². The first-order chi connectivity index (χ1) is 15.6. The zero-order chi connectivity index (χ0) is 22.3. The molecule has 0 radical (unpaired) electrons. The van der Waals surface area contributed by atoms with Crippen molar-refractivity contribution in [3.8, 4) is 5.75 Å². The van der Waals surface area contributed by atoms with E-state index in [4.69, 9.17) is 9.15 Å². The summed E-state index contributed by atoms with van der Waals surface area (Å²) in [5.74, 6) is 0.992. The van der Waals surface area contributed by atoms with Crippen LogP contribution in [0.2, 0.25) is 0 Å². The maximum absolute atomic E-state index is 12.0. The number of furan rings is 1. The van der Waals surface area contributed by atoms with Crippen molar-refractivity contribution in [2.45, 2.75) is 30.8 Å². The predicted molar refractivity (Wildman–Crippen MR) is 126 cm³/mol. The Morgan fingerprint density at radius 1 is 1.34 bits per heavy atom. The molecule has 1 aromatic carbocycles. The van der Waals surface area contributed by atoms with Gasteiger partial charge in [0.25, 0.3) is 0 Å². The summed E-state index contributed by atoms with van der Waals surface area (Å²) in [6.07, 6.45) is 7.29. The zero-order valence-electron chi connectivity index (χ0n) is 18.4. The van der Waals surface area contributed by atoms with Crippen LogP contribution in [0.5, 0.6) is 5.75 Å². The van der Waals surface area contributed by atoms with E-state index in [0.717, 1.165) is 66.3 Å². The van der Waals surface area contributed by atoms with Crippen LogP contribution in [0, 0.1) is 11.8 Å². The number of carboxylic acid groups (broad SMARTS) is 1. The number of likely N-dealkylation sites (tertiary alicyclic amines) is 1. The first kappa shape index (κ1) is 22.7. The summed E-state index contributed by atoms with van der Waals surface area (Å²) < 4.78 is 10.7. The number of aliphatic carboxylic acids is 1. The Bertz CT molecular complexity index is 1020. The Balaban J connectivity index is 1.30. The van der Waals surface area contributed by atoms with E-state index in [-0.39, 0.29) is 11.8 Å². The molecule has 32 heavy (non-hydrogen) atoms. The Kier molecular flexibility index (Phi) is 7.71. The van der Waals surface area contributed by atoms with Crippen LogP contribution < -0.4 is 4.74 Å². The van der Waals surface area contributed by atoms with Crippen LogP contribution in [0.3, 0.4) is 0 Å². The number of benzene rings is 1. The number of carboxylic acids is 1. The average molecular weight is 455 g/mol. The van der Waals surface area contributed by atoms with Gasteiger partial charge in [0.05, 0.1) is 24.8 Å². The molecular weight excluding hydrogens is 424 g/mol. The summed E-state index contributed by atoms with van der Waals surface area (Å²) in [6.45, 7) is 2.48. The second kappa shape index (κ2) is 10.9. The number of fused-ring (bicyclic) bond motifs is 1. The number of rotatable bonds is 10. The molecule has 3 aromatic rings. The molecule has 4 rings (SSSR count). The van der Waals surface area contributed by atoms with Gasteiger partial charge in [-0.2, -0.15) is 0 Å². The van der Waals surface area contributed by atoms with Gasteiger partial charge in [0, 0.05) is 30.4 Å². The number of hydrogen-bond donors (Lipinski definition) is 1. The third-order valence-corrected chi connectivity index (χ3v) is 7.27. The Hall–Kier alpha value is -2.51. The second-order valence-electron chi connectivity index (χ2n) is 8.32. The molecule has 1 N–H and O–H groups in total. The quantitative estimate of drug-likeness (QED) is 0.433. The van der Waals surface area contributed by atoms with Crippen LogP contribution in [0.15, 0.2) is 58.4 Å². The van der Waals surface area contributed by atoms with Crippen molar-refractivity contribution in [1.82, 2.24) is 9.88 Å². The first-order valence-electron chi connectivity index (χ1n) is 11.2. The van der Waals surface area contributed by atoms with Crippen LogP contribution in [-0.4, -0.2) is 53.5 Å². The smallest absolute Gasteiger partial charge is 0.308 e. The molecule has 1 aliphatic heterocycles. The SMILES string of the molecule is COc1ccc2nccc(CCC[C@@H]3CCN(CCSc4ccco4)C[C@@H]3C(=O)O)c2c1. The molecule has 0 unspecified atom stereocenters. The molecule has 6 nitrogen and oxygen atoms in total. The molecule has 1 saturated heterocycles. The number of pyridine rings is 1. The molecule has 1 fully saturated rings. The first-order valence-corrected chi connectivity index (χ1v) is 12.2. The van der Waals surface area contributed by atoms with Gasteiger partial charge in [-0.25, -0.2) is 0 Å². The molecule has 0 saturated carbocycles. The average Bonchev–Trinajstić information content (AvgIpc) is 3.33. The number of nitrogens with zero attached hydrogens (tertiary/aromatic N) is 2. The van der Waals surface area contributed by atoms with Gasteiger partial charge in [-0.3, -0.25) is 9.78 Å². The highest BCUT2D eigenvalue weighted by atomic mass is 32.2. The van der Waals surface area contributed by atoms with Crippen LogP contribution in [0.4, 0.5) is 0 Å². The molecule has 1 aliphatic rings. The molecule has 0 spiro atoms. The Morgan fingerprint density at radius 2 is 2.25 bits per heavy atom. The van der Waals surface area contributed by atoms with Crippen LogP contribution in [-0.2, 0) is 11.2 Å². The lowest BCUT2D eigenvalue weighted by Gasteiger charge is -2.36. The second-order valence-corrected chi connectivity index (χ2v) is 9.42. The van der Waals surface area contributed by atoms with E-state index in [1.165, 1.54) is 5.56 Å². The van der Waals surface area contributed by atoms with Gasteiger partial charge in [0.1, 0.15) is 5.75 Å². The number of carbonyl (C=O) groups is 1. The number of ether oxygens (including phenoxy) is 1. The fraction of sp³-hybridized carbons (Fsp3) is 0.440. The van der Waals surface area contributed by atoms with Crippen molar-refractivity contribution >= 4 is 28.6 Å². The number of hydrogen-bond acceptors (Lipinski definition) is 6. The topological polar surface area (TPSA) is 75.8 Å². The highest BCUT2D eigenvalue weighted by Gasteiger charge is 2.33. The standard InChI is InChI=1S/C25H30N2O4S/c1-30-20-7-8-23-21(16-20)18(9-11-26-23)4-2-5-19-10-12-27(17-22(19)25(28)29)13-15-32-24-6-3-14-31-24/h3,6-9,11,14,16,19,22H,2,4-5,10,12-13,15,17H2,1H3,(H,28,29)/t19-,22+/m1/s1. The minimum atomic E-state index is -0.669. The van der Waals surface area contributed by atoms with Gasteiger partial charge in [-0.1, -0.05) is 11.8 Å². The van der Waals surface area contributed by atoms with Crippen molar-refractivity contribution in [2.75, 3.05) is 32.5 Å². The van der Waals surface area contributed by atoms with E-state index in [1.807, 2.05) is 36.5 Å². The molecule has 3 heterocycles. The number of piperidine rings is 1. The summed E-state index contributed by atoms with van der Waals surface area (Å²) in [4.78, 5) is 18.7. The van der Waals surface area contributed by atoms with E-state index in [9.17, 15) is 9.90 Å². The van der Waals surface area contributed by atoms with Crippen LogP contribution in [0.1, 0.15) is 24.8 Å². The number of aromatic nitrogens is 1. The number of methoxy groups -OCH3 is 1. The molecule has 0 amide bonds. The maximum Gasteiger partial charge on any atom is 0.308 e. The van der Waals surface area contributed by atoms with Gasteiger partial charge >= 0.3 is 5.97 Å². The van der Waals surface area contributed by atoms with E-state index in [2.05, 4.69) is 16.0 Å². The van der Waals surface area contributed by atoms with Gasteiger partial charge in [0.15, 0.2) is 5.09 Å². The van der Waals surface area contributed by atoms with Gasteiger partial charge in [-0.05, 0) is 80.1 Å². The normalized spacial score (nSPS) is 19.3. The van der Waals surface area contributed by atoms with Crippen molar-refractivity contribution in [1.29, 1.82) is 0 Å². The highest BCUT2D eigenvalue weighted by Crippen LogP contribution is 2.30. The minimum absolute atomic E-state index is 0.226. The van der Waals surface area contributed by atoms with Gasteiger partial charge in [-0.15, -0.1) is 0 Å². The van der Waals surface area contributed by atoms with Crippen molar-refractivity contribution in [3.63, 3.8) is 0 Å². The highest BCUT2D eigenvalue weighted by molar-refractivity contribution is 7.99. The maximum atomic E-state index is 12.0. The number of thioether (sulfide) groups is 1. The molecule has 170 valence electrons. The minimum Gasteiger partial charge on any atom is -0.497 e. The number of aryl methyl sites for hydroxylation is 1. The van der Waals surface area contributed by atoms with Gasteiger partial charge < -0.3 is 19.2 Å². The Morgan fingerprint density at radius 3 is 3.03 bits per heavy atom. The summed E-state index contributed by atoms with van der Waals surface area (Å²) in [6, 6.07) is 11.9. The molecule has 0 aliphatic carbocycles. The molecule has 2 aromatic heterocycles. The Labute approximate surface area is 193 Å². The zero-order valence-corrected chi connectivity index (χ0v) is 19.2. The van der Waals surface area contributed by atoms with E-state index in [0.29, 0.717) is 6.54 Å². The van der Waals surface area contributed by atoms with Crippen molar-refractivity contribution in [2.24, 2.45) is 11.8 Å². The van der Waals surface area contributed by atoms with Crippen molar-refractivity contribution < 1.29 is 19.1 Å². The van der Waals surface area contributed by atoms with Crippen molar-refractivity contribution in [3.05, 3.63) is 54.4 Å². The summed E-state index contributed by atoms with van der Waals surface area (Å²) in [5, 5.41) is 11.9. The van der Waals surface area contributed by atoms with Crippen LogP contribution in [0.25, 0.3) is 10.9 Å². The largest absolute Gasteiger partial charge is 0.497 e. The lowest BCUT2D eigenvalue weighted by atomic mass is 9.81. The lowest BCUT2D eigenvalue weighted by Crippen LogP contribution is -2.44. The fourth-order valence-electron chi connectivity index (χ4n) is 4.60. The van der Waals surface area contributed by atoms with E-state index in [1.54, 1.807) is 25.1 Å².